The average molecular weight is 466 g/mol. The second kappa shape index (κ2) is 9.70. The molecule has 0 spiro atoms. The van der Waals surface area contributed by atoms with Crippen LogP contribution in [0.2, 0.25) is 0 Å². The van der Waals surface area contributed by atoms with Crippen molar-refractivity contribution in [3.63, 3.8) is 0 Å². The molecule has 10 heteroatoms. The van der Waals surface area contributed by atoms with Gasteiger partial charge in [0.2, 0.25) is 11.8 Å². The van der Waals surface area contributed by atoms with Crippen LogP contribution in [0.1, 0.15) is 65.7 Å². The van der Waals surface area contributed by atoms with Gasteiger partial charge in [-0.15, -0.1) is 0 Å². The molecule has 1 aliphatic carbocycles. The van der Waals surface area contributed by atoms with Crippen molar-refractivity contribution in [3.8, 4) is 0 Å². The van der Waals surface area contributed by atoms with Crippen LogP contribution in [0, 0.1) is 5.92 Å². The highest BCUT2D eigenvalue weighted by Gasteiger charge is 2.61. The number of carbonyl (C=O) groups is 4. The van der Waals surface area contributed by atoms with Crippen molar-refractivity contribution in [2.75, 3.05) is 6.54 Å². The molecule has 0 bridgehead atoms. The molecule has 5 atom stereocenters. The lowest BCUT2D eigenvalue weighted by Crippen LogP contribution is -2.56. The Balaban J connectivity index is 1.83. The van der Waals surface area contributed by atoms with E-state index in [1.807, 2.05) is 12.2 Å². The number of carboxylic acid groups (broad SMARTS) is 1. The molecular weight excluding hydrogens is 430 g/mol. The number of aliphatic hydroxyl groups is 1. The van der Waals surface area contributed by atoms with E-state index in [1.165, 1.54) is 4.90 Å². The number of nitrogens with zero attached hydrogens (tertiary/aromatic N) is 1. The fourth-order valence-electron chi connectivity index (χ4n) is 4.53. The van der Waals surface area contributed by atoms with Gasteiger partial charge >= 0.3 is 12.1 Å². The molecule has 1 saturated heterocycles. The Hall–Kier alpha value is -2.62. The molecule has 0 radical (unpaired) electrons. The minimum Gasteiger partial charge on any atom is -0.479 e. The minimum absolute atomic E-state index is 0.00688. The minimum atomic E-state index is -1.38. The van der Waals surface area contributed by atoms with Crippen LogP contribution in [0.4, 0.5) is 4.79 Å². The van der Waals surface area contributed by atoms with Crippen LogP contribution in [-0.4, -0.2) is 74.9 Å². The lowest BCUT2D eigenvalue weighted by atomic mass is 10.0. The van der Waals surface area contributed by atoms with Gasteiger partial charge in [0.05, 0.1) is 6.10 Å². The number of amides is 3. The van der Waals surface area contributed by atoms with Gasteiger partial charge in [-0.1, -0.05) is 25.0 Å². The highest BCUT2D eigenvalue weighted by molar-refractivity contribution is 5.96. The van der Waals surface area contributed by atoms with Crippen LogP contribution in [-0.2, 0) is 19.1 Å². The zero-order valence-electron chi connectivity index (χ0n) is 19.5. The molecule has 184 valence electrons. The van der Waals surface area contributed by atoms with Crippen molar-refractivity contribution in [1.82, 2.24) is 15.5 Å². The van der Waals surface area contributed by atoms with Crippen LogP contribution in [0.25, 0.3) is 0 Å². The Morgan fingerprint density at radius 1 is 1.24 bits per heavy atom. The monoisotopic (exact) mass is 465 g/mol. The number of rotatable bonds is 2. The molecule has 0 aromatic carbocycles. The summed E-state index contributed by atoms with van der Waals surface area (Å²) in [5.74, 6) is -2.51. The molecule has 10 nitrogen and oxygen atoms in total. The van der Waals surface area contributed by atoms with E-state index < -0.39 is 53.2 Å². The smallest absolute Gasteiger partial charge is 0.408 e. The van der Waals surface area contributed by atoms with Gasteiger partial charge in [0.1, 0.15) is 23.2 Å². The lowest BCUT2D eigenvalue weighted by Gasteiger charge is -2.30. The van der Waals surface area contributed by atoms with Crippen LogP contribution in [0.5, 0.6) is 0 Å². The first-order chi connectivity index (χ1) is 15.4. The number of aliphatic carboxylic acids is 1. The zero-order valence-corrected chi connectivity index (χ0v) is 19.5. The maximum atomic E-state index is 13.4. The van der Waals surface area contributed by atoms with E-state index in [2.05, 4.69) is 10.6 Å². The molecule has 33 heavy (non-hydrogen) atoms. The summed E-state index contributed by atoms with van der Waals surface area (Å²) < 4.78 is 5.30. The molecule has 2 aliphatic heterocycles. The summed E-state index contributed by atoms with van der Waals surface area (Å²) in [7, 11) is 0. The van der Waals surface area contributed by atoms with Gasteiger partial charge in [0.15, 0.2) is 0 Å². The average Bonchev–Trinajstić information content (AvgIpc) is 3.25. The van der Waals surface area contributed by atoms with Crippen LogP contribution in [0.3, 0.4) is 0 Å². The Bertz CT molecular complexity index is 821. The summed E-state index contributed by atoms with van der Waals surface area (Å²) in [6.45, 7) is 5.10. The molecule has 0 aromatic heterocycles. The highest BCUT2D eigenvalue weighted by Crippen LogP contribution is 2.45. The first-order valence-electron chi connectivity index (χ1n) is 11.6. The van der Waals surface area contributed by atoms with E-state index in [4.69, 9.17) is 4.74 Å². The molecule has 2 heterocycles. The van der Waals surface area contributed by atoms with Crippen LogP contribution in [0.15, 0.2) is 12.2 Å². The van der Waals surface area contributed by atoms with Crippen molar-refractivity contribution in [1.29, 1.82) is 0 Å². The van der Waals surface area contributed by atoms with E-state index in [0.29, 0.717) is 12.8 Å². The molecule has 1 saturated carbocycles. The van der Waals surface area contributed by atoms with Gasteiger partial charge in [-0.05, 0) is 46.5 Å². The summed E-state index contributed by atoms with van der Waals surface area (Å²) in [5, 5.41) is 25.2. The second-order valence-corrected chi connectivity index (χ2v) is 10.2. The van der Waals surface area contributed by atoms with Gasteiger partial charge in [-0.2, -0.15) is 0 Å². The van der Waals surface area contributed by atoms with Crippen molar-refractivity contribution in [3.05, 3.63) is 12.2 Å². The second-order valence-electron chi connectivity index (χ2n) is 10.2. The van der Waals surface area contributed by atoms with Crippen molar-refractivity contribution in [2.45, 2.75) is 95.0 Å². The molecule has 4 N–H and O–H groups in total. The Labute approximate surface area is 193 Å². The highest BCUT2D eigenvalue weighted by atomic mass is 16.6. The maximum absolute atomic E-state index is 13.4. The number of allylic oxidation sites excluding steroid dienone is 1. The third-order valence-electron chi connectivity index (χ3n) is 6.33. The fourth-order valence-corrected chi connectivity index (χ4v) is 4.53. The van der Waals surface area contributed by atoms with Crippen LogP contribution < -0.4 is 10.6 Å². The number of aliphatic hydroxyl groups excluding tert-OH is 1. The van der Waals surface area contributed by atoms with Crippen molar-refractivity contribution < 1.29 is 34.1 Å². The van der Waals surface area contributed by atoms with Crippen molar-refractivity contribution >= 4 is 23.9 Å². The number of nitrogens with one attached hydrogen (secondary N) is 2. The van der Waals surface area contributed by atoms with E-state index in [1.54, 1.807) is 20.8 Å². The number of carboxylic acids is 1. The van der Waals surface area contributed by atoms with Gasteiger partial charge in [-0.3, -0.25) is 9.59 Å². The summed E-state index contributed by atoms with van der Waals surface area (Å²) in [5.41, 5.74) is -2.12. The van der Waals surface area contributed by atoms with E-state index >= 15 is 0 Å². The van der Waals surface area contributed by atoms with Crippen LogP contribution >= 0.6 is 0 Å². The van der Waals surface area contributed by atoms with E-state index in [-0.39, 0.29) is 25.3 Å². The first kappa shape index (κ1) is 25.0. The molecule has 3 rings (SSSR count). The topological polar surface area (TPSA) is 145 Å². The molecule has 3 amide bonds. The summed E-state index contributed by atoms with van der Waals surface area (Å²) in [6.07, 6.45) is 5.91. The Morgan fingerprint density at radius 2 is 1.97 bits per heavy atom. The third-order valence-corrected chi connectivity index (χ3v) is 6.33. The Kier molecular flexibility index (Phi) is 7.36. The SMILES string of the molecule is CC(C)(C)OC(=O)N[C@H]1CCCCCC=C[C@@H]2C[C@@]2(C(=O)O)NC(=O)[C@@H]2C[C@@H](O)CN2C1=O. The lowest BCUT2D eigenvalue weighted by molar-refractivity contribution is -0.145. The maximum Gasteiger partial charge on any atom is 0.408 e. The standard InChI is InChI=1S/C23H35N3O7/c1-22(2,3)33-21(32)24-16-10-8-6-4-5-7-9-14-12-23(14,20(30)31)25-18(28)17-11-15(27)13-26(17)19(16)29/h7,9,14-17,27H,4-6,8,10-13H2,1-3H3,(H,24,32)(H,25,28)(H,30,31)/t14-,15-,16+,17+,23-/m1/s1. The zero-order chi connectivity index (χ0) is 24.4. The van der Waals surface area contributed by atoms with Crippen molar-refractivity contribution in [2.24, 2.45) is 5.92 Å². The quantitative estimate of drug-likeness (QED) is 0.450. The number of ether oxygens (including phenoxy) is 1. The third kappa shape index (κ3) is 6.04. The largest absolute Gasteiger partial charge is 0.479 e. The predicted molar refractivity (Wildman–Crippen MR) is 118 cm³/mol. The molecular formula is C23H35N3O7. The first-order valence-corrected chi connectivity index (χ1v) is 11.6. The molecule has 3 aliphatic rings. The van der Waals surface area contributed by atoms with Gasteiger partial charge in [-0.25, -0.2) is 9.59 Å². The van der Waals surface area contributed by atoms with E-state index in [0.717, 1.165) is 19.3 Å². The summed E-state index contributed by atoms with van der Waals surface area (Å²) in [4.78, 5) is 52.0. The predicted octanol–water partition coefficient (Wildman–Crippen LogP) is 1.32. The van der Waals surface area contributed by atoms with Gasteiger partial charge in [0.25, 0.3) is 0 Å². The number of hydrogen-bond donors (Lipinski definition) is 4. The molecule has 0 unspecified atom stereocenters. The normalized spacial score (nSPS) is 33.2. The van der Waals surface area contributed by atoms with Gasteiger partial charge in [0, 0.05) is 18.9 Å². The number of fused-ring (bicyclic) bond motifs is 2. The van der Waals surface area contributed by atoms with Gasteiger partial charge < -0.3 is 30.5 Å². The number of carbonyl (C=O) groups excluding carboxylic acids is 3. The van der Waals surface area contributed by atoms with E-state index in [9.17, 15) is 29.4 Å². The Morgan fingerprint density at radius 3 is 2.64 bits per heavy atom. The molecule has 2 fully saturated rings. The summed E-state index contributed by atoms with van der Waals surface area (Å²) in [6, 6.07) is -1.93. The number of alkyl carbamates (subject to hydrolysis) is 1. The molecule has 0 aromatic rings. The summed E-state index contributed by atoms with van der Waals surface area (Å²) >= 11 is 0. The number of hydrogen-bond acceptors (Lipinski definition) is 6. The fraction of sp³-hybridized carbons (Fsp3) is 0.739.